The Morgan fingerprint density at radius 1 is 1.35 bits per heavy atom. The summed E-state index contributed by atoms with van der Waals surface area (Å²) in [6.07, 6.45) is 8.64. The Hall–Kier alpha value is -2.79. The first kappa shape index (κ1) is 16.7. The molecule has 0 spiro atoms. The molecule has 1 saturated heterocycles. The van der Waals surface area contributed by atoms with Gasteiger partial charge in [0.05, 0.1) is 33.7 Å². The third-order valence-corrected chi connectivity index (χ3v) is 5.11. The summed E-state index contributed by atoms with van der Waals surface area (Å²) < 4.78 is 2.57. The molecular weight excluding hydrogens is 348 g/mol. The molecule has 1 atom stereocenters. The second-order valence-electron chi connectivity index (χ2n) is 6.46. The standard InChI is InChI=1S/C15H12N6OS.C3H6/c1-20-7-10(6-18-20)11-4-12-13(23-8-17-12)14(19-11)21-3-2-9(5-16)15(21)22;1-2-3-1/h4,6-9H,2-3H2,1H3;1-3H2. The molecule has 0 radical (unpaired) electrons. The van der Waals surface area contributed by atoms with Crippen molar-refractivity contribution in [2.75, 3.05) is 11.4 Å². The Morgan fingerprint density at radius 3 is 2.77 bits per heavy atom. The van der Waals surface area contributed by atoms with Crippen molar-refractivity contribution in [2.24, 2.45) is 13.0 Å². The second kappa shape index (κ2) is 6.84. The summed E-state index contributed by atoms with van der Waals surface area (Å²) in [6, 6.07) is 3.96. The van der Waals surface area contributed by atoms with E-state index < -0.39 is 5.92 Å². The SMILES string of the molecule is C1CC1.Cn1cc(-c2cc3ncsc3c(N3CCC(C#N)C3=O)n2)cn1. The molecule has 1 unspecified atom stereocenters. The molecule has 3 aromatic heterocycles. The third-order valence-electron chi connectivity index (χ3n) is 4.27. The van der Waals surface area contributed by atoms with E-state index in [1.54, 1.807) is 21.3 Å². The summed E-state index contributed by atoms with van der Waals surface area (Å²) in [5.74, 6) is -0.175. The van der Waals surface area contributed by atoms with Gasteiger partial charge in [-0.3, -0.25) is 14.4 Å². The minimum atomic E-state index is -0.582. The Morgan fingerprint density at radius 2 is 2.15 bits per heavy atom. The molecule has 1 aliphatic heterocycles. The molecule has 26 heavy (non-hydrogen) atoms. The van der Waals surface area contributed by atoms with Crippen LogP contribution in [-0.2, 0) is 11.8 Å². The zero-order valence-electron chi connectivity index (χ0n) is 14.4. The molecular formula is C18H18N6OS. The van der Waals surface area contributed by atoms with E-state index in [1.165, 1.54) is 30.6 Å². The highest BCUT2D eigenvalue weighted by molar-refractivity contribution is 7.17. The van der Waals surface area contributed by atoms with E-state index in [2.05, 4.69) is 21.1 Å². The number of thiazole rings is 1. The van der Waals surface area contributed by atoms with Crippen molar-refractivity contribution in [1.29, 1.82) is 5.26 Å². The van der Waals surface area contributed by atoms with Crippen molar-refractivity contribution >= 4 is 33.3 Å². The minimum absolute atomic E-state index is 0.182. The van der Waals surface area contributed by atoms with Crippen LogP contribution in [-0.4, -0.2) is 32.2 Å². The van der Waals surface area contributed by atoms with Gasteiger partial charge in [0.2, 0.25) is 5.91 Å². The normalized spacial score (nSPS) is 18.5. The van der Waals surface area contributed by atoms with Gasteiger partial charge in [-0.15, -0.1) is 11.3 Å². The van der Waals surface area contributed by atoms with E-state index in [4.69, 9.17) is 5.26 Å². The number of aryl methyl sites for hydroxylation is 1. The maximum Gasteiger partial charge on any atom is 0.245 e. The van der Waals surface area contributed by atoms with Crippen LogP contribution in [0.1, 0.15) is 25.7 Å². The monoisotopic (exact) mass is 366 g/mol. The molecule has 8 heteroatoms. The van der Waals surface area contributed by atoms with E-state index in [0.717, 1.165) is 21.5 Å². The number of hydrogen-bond acceptors (Lipinski definition) is 6. The van der Waals surface area contributed by atoms with Crippen molar-refractivity contribution < 1.29 is 4.79 Å². The number of nitriles is 1. The number of nitrogens with zero attached hydrogens (tertiary/aromatic N) is 6. The molecule has 0 bridgehead atoms. The Balaban J connectivity index is 0.000000510. The Kier molecular flexibility index (Phi) is 4.39. The van der Waals surface area contributed by atoms with Crippen molar-refractivity contribution in [2.45, 2.75) is 25.7 Å². The number of carbonyl (C=O) groups excluding carboxylic acids is 1. The molecule has 7 nitrogen and oxygen atoms in total. The number of rotatable bonds is 2. The first-order chi connectivity index (χ1) is 12.7. The molecule has 1 saturated carbocycles. The molecule has 4 heterocycles. The lowest BCUT2D eigenvalue weighted by Crippen LogP contribution is -2.27. The maximum absolute atomic E-state index is 12.4. The lowest BCUT2D eigenvalue weighted by Gasteiger charge is -2.16. The predicted octanol–water partition coefficient (Wildman–Crippen LogP) is 3.14. The van der Waals surface area contributed by atoms with Gasteiger partial charge >= 0.3 is 0 Å². The summed E-state index contributed by atoms with van der Waals surface area (Å²) in [6.45, 7) is 0.507. The zero-order valence-corrected chi connectivity index (χ0v) is 15.2. The average molecular weight is 366 g/mol. The number of amides is 1. The second-order valence-corrected chi connectivity index (χ2v) is 7.31. The summed E-state index contributed by atoms with van der Waals surface area (Å²) in [5, 5.41) is 13.2. The first-order valence-electron chi connectivity index (χ1n) is 8.61. The molecule has 1 aliphatic carbocycles. The number of aromatic nitrogens is 4. The average Bonchev–Trinajstić information content (AvgIpc) is 3.20. The van der Waals surface area contributed by atoms with Crippen molar-refractivity contribution in [3.05, 3.63) is 24.0 Å². The van der Waals surface area contributed by atoms with Crippen LogP contribution < -0.4 is 4.90 Å². The van der Waals surface area contributed by atoms with Crippen molar-refractivity contribution in [1.82, 2.24) is 19.7 Å². The van der Waals surface area contributed by atoms with Crippen LogP contribution in [0.25, 0.3) is 21.5 Å². The quantitative estimate of drug-likeness (QED) is 0.695. The van der Waals surface area contributed by atoms with E-state index in [1.807, 2.05) is 19.3 Å². The molecule has 5 rings (SSSR count). The number of pyridine rings is 1. The molecule has 1 amide bonds. The van der Waals surface area contributed by atoms with Gasteiger partial charge in [-0.1, -0.05) is 19.3 Å². The number of carbonyl (C=O) groups is 1. The largest absolute Gasteiger partial charge is 0.294 e. The van der Waals surface area contributed by atoms with Gasteiger partial charge < -0.3 is 0 Å². The van der Waals surface area contributed by atoms with Crippen LogP contribution in [0, 0.1) is 17.2 Å². The van der Waals surface area contributed by atoms with Crippen LogP contribution in [0.3, 0.4) is 0 Å². The summed E-state index contributed by atoms with van der Waals surface area (Å²) in [7, 11) is 1.84. The Bertz CT molecular complexity index is 996. The predicted molar refractivity (Wildman–Crippen MR) is 99.5 cm³/mol. The molecule has 132 valence electrons. The van der Waals surface area contributed by atoms with E-state index in [9.17, 15) is 4.79 Å². The molecule has 2 fully saturated rings. The highest BCUT2D eigenvalue weighted by Gasteiger charge is 2.34. The van der Waals surface area contributed by atoms with Gasteiger partial charge in [0.15, 0.2) is 5.82 Å². The minimum Gasteiger partial charge on any atom is -0.294 e. The Labute approximate surface area is 154 Å². The molecule has 0 N–H and O–H groups in total. The third kappa shape index (κ3) is 3.18. The lowest BCUT2D eigenvalue weighted by molar-refractivity contribution is -0.119. The van der Waals surface area contributed by atoms with Gasteiger partial charge in [0, 0.05) is 25.4 Å². The van der Waals surface area contributed by atoms with Crippen LogP contribution in [0.4, 0.5) is 5.82 Å². The number of fused-ring (bicyclic) bond motifs is 1. The fraction of sp³-hybridized carbons (Fsp3) is 0.389. The van der Waals surface area contributed by atoms with Crippen molar-refractivity contribution in [3.8, 4) is 17.3 Å². The number of anilines is 1. The smallest absolute Gasteiger partial charge is 0.245 e. The van der Waals surface area contributed by atoms with Gasteiger partial charge in [0.1, 0.15) is 5.92 Å². The molecule has 3 aromatic rings. The van der Waals surface area contributed by atoms with Crippen LogP contribution in [0.5, 0.6) is 0 Å². The topological polar surface area (TPSA) is 87.7 Å². The molecule has 0 aromatic carbocycles. The van der Waals surface area contributed by atoms with Crippen LogP contribution in [0.2, 0.25) is 0 Å². The first-order valence-corrected chi connectivity index (χ1v) is 9.49. The fourth-order valence-corrected chi connectivity index (χ4v) is 3.51. The van der Waals surface area contributed by atoms with Gasteiger partial charge in [-0.05, 0) is 12.5 Å². The van der Waals surface area contributed by atoms with Crippen LogP contribution >= 0.6 is 11.3 Å². The molecule has 2 aliphatic rings. The maximum atomic E-state index is 12.4. The fourth-order valence-electron chi connectivity index (χ4n) is 2.75. The van der Waals surface area contributed by atoms with Crippen molar-refractivity contribution in [3.63, 3.8) is 0 Å². The highest BCUT2D eigenvalue weighted by Crippen LogP contribution is 2.34. The van der Waals surface area contributed by atoms with E-state index in [-0.39, 0.29) is 5.91 Å². The van der Waals surface area contributed by atoms with E-state index >= 15 is 0 Å². The summed E-state index contributed by atoms with van der Waals surface area (Å²) >= 11 is 1.45. The highest BCUT2D eigenvalue weighted by atomic mass is 32.1. The van der Waals surface area contributed by atoms with Gasteiger partial charge in [-0.25, -0.2) is 9.97 Å². The lowest BCUT2D eigenvalue weighted by atomic mass is 10.1. The van der Waals surface area contributed by atoms with Gasteiger partial charge in [-0.2, -0.15) is 10.4 Å². The zero-order chi connectivity index (χ0) is 18.1. The summed E-state index contributed by atoms with van der Waals surface area (Å²) in [5.41, 5.74) is 4.13. The van der Waals surface area contributed by atoms with E-state index in [0.29, 0.717) is 18.8 Å². The van der Waals surface area contributed by atoms with Gasteiger partial charge in [0.25, 0.3) is 0 Å². The number of hydrogen-bond donors (Lipinski definition) is 0. The van der Waals surface area contributed by atoms with Crippen LogP contribution in [0.15, 0.2) is 24.0 Å². The summed E-state index contributed by atoms with van der Waals surface area (Å²) in [4.78, 5) is 23.0.